The van der Waals surface area contributed by atoms with Crippen LogP contribution < -0.4 is 4.57 Å². The van der Waals surface area contributed by atoms with Crippen LogP contribution in [0.2, 0.25) is 0 Å². The SMILES string of the molecule is Cc1cc(C(C)(C)C)cc(-c2c3ccc(F)cc3cc(C)[n+]2C)c1C. The minimum absolute atomic E-state index is 0.0809. The summed E-state index contributed by atoms with van der Waals surface area (Å²) in [6.45, 7) is 13.1. The lowest BCUT2D eigenvalue weighted by Crippen LogP contribution is -2.35. The van der Waals surface area contributed by atoms with Gasteiger partial charge in [-0.3, -0.25) is 0 Å². The van der Waals surface area contributed by atoms with Crippen molar-refractivity contribution in [3.8, 4) is 11.3 Å². The third-order valence-corrected chi connectivity index (χ3v) is 5.29. The highest BCUT2D eigenvalue weighted by Gasteiger charge is 2.23. The molecular weight excluding hydrogens is 309 g/mol. The van der Waals surface area contributed by atoms with Gasteiger partial charge in [0, 0.05) is 13.0 Å². The van der Waals surface area contributed by atoms with E-state index in [0.717, 1.165) is 22.2 Å². The Balaban J connectivity index is 2.44. The quantitative estimate of drug-likeness (QED) is 0.502. The highest BCUT2D eigenvalue weighted by atomic mass is 19.1. The largest absolute Gasteiger partial charge is 0.220 e. The Hall–Kier alpha value is -2.22. The van der Waals surface area contributed by atoms with E-state index in [0.29, 0.717) is 0 Å². The fourth-order valence-electron chi connectivity index (χ4n) is 3.41. The summed E-state index contributed by atoms with van der Waals surface area (Å²) in [5, 5.41) is 2.03. The van der Waals surface area contributed by atoms with Crippen molar-refractivity contribution in [3.05, 3.63) is 64.6 Å². The fraction of sp³-hybridized carbons (Fsp3) is 0.348. The van der Waals surface area contributed by atoms with E-state index in [1.165, 1.54) is 22.3 Å². The van der Waals surface area contributed by atoms with Gasteiger partial charge < -0.3 is 0 Å². The smallest absolute Gasteiger partial charge is 0.207 e. The molecular formula is C23H27FN+. The lowest BCUT2D eigenvalue weighted by atomic mass is 9.83. The van der Waals surface area contributed by atoms with Gasteiger partial charge in [-0.15, -0.1) is 0 Å². The molecule has 0 aliphatic carbocycles. The van der Waals surface area contributed by atoms with E-state index < -0.39 is 0 Å². The fourth-order valence-corrected chi connectivity index (χ4v) is 3.41. The van der Waals surface area contributed by atoms with Gasteiger partial charge in [0.1, 0.15) is 12.9 Å². The second-order valence-corrected chi connectivity index (χ2v) is 8.14. The van der Waals surface area contributed by atoms with Crippen LogP contribution in [0.5, 0.6) is 0 Å². The van der Waals surface area contributed by atoms with Crippen LogP contribution in [-0.4, -0.2) is 0 Å². The number of pyridine rings is 1. The zero-order valence-corrected chi connectivity index (χ0v) is 16.3. The van der Waals surface area contributed by atoms with E-state index in [2.05, 4.69) is 71.4 Å². The van der Waals surface area contributed by atoms with Crippen LogP contribution in [0.25, 0.3) is 22.0 Å². The molecule has 0 unspecified atom stereocenters. The van der Waals surface area contributed by atoms with Gasteiger partial charge in [0.15, 0.2) is 5.69 Å². The average molecular weight is 336 g/mol. The third-order valence-electron chi connectivity index (χ3n) is 5.29. The number of halogens is 1. The van der Waals surface area contributed by atoms with Crippen LogP contribution in [0, 0.1) is 26.6 Å². The Labute approximate surface area is 150 Å². The summed E-state index contributed by atoms with van der Waals surface area (Å²) in [6, 6.07) is 11.7. The van der Waals surface area contributed by atoms with Crippen molar-refractivity contribution in [3.63, 3.8) is 0 Å². The lowest BCUT2D eigenvalue weighted by molar-refractivity contribution is -0.665. The van der Waals surface area contributed by atoms with Crippen molar-refractivity contribution in [1.82, 2.24) is 0 Å². The van der Waals surface area contributed by atoms with E-state index >= 15 is 0 Å². The van der Waals surface area contributed by atoms with E-state index in [1.807, 2.05) is 6.07 Å². The number of hydrogen-bond acceptors (Lipinski definition) is 0. The van der Waals surface area contributed by atoms with Gasteiger partial charge in [-0.2, -0.15) is 4.57 Å². The summed E-state index contributed by atoms with van der Waals surface area (Å²) < 4.78 is 16.0. The van der Waals surface area contributed by atoms with Gasteiger partial charge in [0.2, 0.25) is 5.69 Å². The van der Waals surface area contributed by atoms with Crippen LogP contribution in [0.3, 0.4) is 0 Å². The maximum absolute atomic E-state index is 13.8. The first-order valence-corrected chi connectivity index (χ1v) is 8.80. The average Bonchev–Trinajstić information content (AvgIpc) is 2.51. The van der Waals surface area contributed by atoms with E-state index in [9.17, 15) is 4.39 Å². The van der Waals surface area contributed by atoms with Crippen molar-refractivity contribution < 1.29 is 8.96 Å². The Morgan fingerprint density at radius 1 is 0.920 bits per heavy atom. The minimum Gasteiger partial charge on any atom is -0.207 e. The molecule has 0 spiro atoms. The molecule has 0 saturated heterocycles. The van der Waals surface area contributed by atoms with Crippen molar-refractivity contribution in [2.24, 2.45) is 7.05 Å². The monoisotopic (exact) mass is 336 g/mol. The summed E-state index contributed by atoms with van der Waals surface area (Å²) in [7, 11) is 2.09. The van der Waals surface area contributed by atoms with E-state index in [1.54, 1.807) is 12.1 Å². The van der Waals surface area contributed by atoms with E-state index in [4.69, 9.17) is 0 Å². The van der Waals surface area contributed by atoms with Crippen molar-refractivity contribution in [2.45, 2.75) is 47.0 Å². The molecule has 0 fully saturated rings. The van der Waals surface area contributed by atoms with Crippen molar-refractivity contribution in [2.75, 3.05) is 0 Å². The highest BCUT2D eigenvalue weighted by Crippen LogP contribution is 2.34. The normalized spacial score (nSPS) is 12.0. The van der Waals surface area contributed by atoms with Crippen LogP contribution in [0.15, 0.2) is 36.4 Å². The van der Waals surface area contributed by atoms with Gasteiger partial charge in [-0.1, -0.05) is 26.8 Å². The van der Waals surface area contributed by atoms with Gasteiger partial charge in [-0.05, 0) is 65.6 Å². The first-order chi connectivity index (χ1) is 11.6. The molecule has 2 aromatic carbocycles. The zero-order chi connectivity index (χ0) is 18.5. The van der Waals surface area contributed by atoms with Gasteiger partial charge in [-0.25, -0.2) is 4.39 Å². The molecule has 3 rings (SSSR count). The number of aromatic nitrogens is 1. The molecule has 0 N–H and O–H groups in total. The third kappa shape index (κ3) is 3.06. The molecule has 0 atom stereocenters. The Bertz CT molecular complexity index is 978. The molecule has 130 valence electrons. The first-order valence-electron chi connectivity index (χ1n) is 8.80. The number of nitrogens with zero attached hydrogens (tertiary/aromatic N) is 1. The molecule has 3 aromatic rings. The predicted molar refractivity (Wildman–Crippen MR) is 103 cm³/mol. The van der Waals surface area contributed by atoms with Crippen molar-refractivity contribution in [1.29, 1.82) is 0 Å². The maximum atomic E-state index is 13.8. The number of benzene rings is 2. The molecule has 0 aliphatic heterocycles. The van der Waals surface area contributed by atoms with Crippen LogP contribution >= 0.6 is 0 Å². The molecule has 2 heteroatoms. The predicted octanol–water partition coefficient (Wildman–Crippen LogP) is 5.69. The number of rotatable bonds is 1. The van der Waals surface area contributed by atoms with Crippen LogP contribution in [-0.2, 0) is 12.5 Å². The number of aryl methyl sites for hydroxylation is 2. The summed E-state index contributed by atoms with van der Waals surface area (Å²) in [4.78, 5) is 0. The van der Waals surface area contributed by atoms with E-state index in [-0.39, 0.29) is 11.2 Å². The topological polar surface area (TPSA) is 3.88 Å². The standard InChI is InChI=1S/C23H27FN/c1-14-10-18(23(4,5)6)13-21(16(14)3)22-20-9-8-19(24)12-17(20)11-15(2)25(22)7/h8-13H,1-7H3/q+1. The summed E-state index contributed by atoms with van der Waals surface area (Å²) in [6.07, 6.45) is 0. The summed E-state index contributed by atoms with van der Waals surface area (Å²) in [5.74, 6) is -0.192. The summed E-state index contributed by atoms with van der Waals surface area (Å²) >= 11 is 0. The number of hydrogen-bond donors (Lipinski definition) is 0. The molecule has 0 radical (unpaired) electrons. The van der Waals surface area contributed by atoms with Gasteiger partial charge in [0.25, 0.3) is 0 Å². The molecule has 0 aliphatic rings. The Morgan fingerprint density at radius 3 is 2.24 bits per heavy atom. The molecule has 1 aromatic heterocycles. The molecule has 0 bridgehead atoms. The second kappa shape index (κ2) is 5.94. The summed E-state index contributed by atoms with van der Waals surface area (Å²) in [5.41, 5.74) is 7.47. The molecule has 0 amide bonds. The zero-order valence-electron chi connectivity index (χ0n) is 16.3. The van der Waals surface area contributed by atoms with Crippen LogP contribution in [0.4, 0.5) is 4.39 Å². The molecule has 1 heterocycles. The Kier molecular flexibility index (Phi) is 4.18. The lowest BCUT2D eigenvalue weighted by Gasteiger charge is -2.22. The molecule has 25 heavy (non-hydrogen) atoms. The highest BCUT2D eigenvalue weighted by molar-refractivity contribution is 5.94. The van der Waals surface area contributed by atoms with Crippen LogP contribution in [0.1, 0.15) is 43.2 Å². The minimum atomic E-state index is -0.192. The number of fused-ring (bicyclic) bond motifs is 1. The second-order valence-electron chi connectivity index (χ2n) is 8.14. The maximum Gasteiger partial charge on any atom is 0.220 e. The van der Waals surface area contributed by atoms with Gasteiger partial charge >= 0.3 is 0 Å². The molecule has 0 saturated carbocycles. The molecule has 1 nitrogen and oxygen atoms in total. The van der Waals surface area contributed by atoms with Gasteiger partial charge in [0.05, 0.1) is 10.9 Å². The van der Waals surface area contributed by atoms with Crippen molar-refractivity contribution >= 4 is 10.8 Å². The first kappa shape index (κ1) is 17.6. The Morgan fingerprint density at radius 2 is 1.60 bits per heavy atom.